The van der Waals surface area contributed by atoms with Crippen LogP contribution in [-0.4, -0.2) is 167 Å². The minimum atomic E-state index is -1.93. The number of aromatic nitrogens is 1. The van der Waals surface area contributed by atoms with Gasteiger partial charge in [-0.3, -0.25) is 24.1 Å². The summed E-state index contributed by atoms with van der Waals surface area (Å²) in [5, 5.41) is 48.6. The summed E-state index contributed by atoms with van der Waals surface area (Å²) in [5.41, 5.74) is 4.71. The van der Waals surface area contributed by atoms with E-state index < -0.39 is 54.4 Å². The van der Waals surface area contributed by atoms with Crippen LogP contribution in [0.3, 0.4) is 0 Å². The second-order valence-electron chi connectivity index (χ2n) is 16.3. The molecule has 6 N–H and O–H groups in total. The number of anilines is 3. The van der Waals surface area contributed by atoms with Crippen LogP contribution < -0.4 is 29.7 Å². The van der Waals surface area contributed by atoms with Gasteiger partial charge >= 0.3 is 5.97 Å². The number of aliphatic hydroxyl groups excluding tert-OH is 3. The summed E-state index contributed by atoms with van der Waals surface area (Å²) < 4.78 is 30.2. The van der Waals surface area contributed by atoms with Crippen LogP contribution in [0.2, 0.25) is 0 Å². The first kappa shape index (κ1) is 52.1. The molecule has 3 heterocycles. The third-order valence-electron chi connectivity index (χ3n) is 11.1. The van der Waals surface area contributed by atoms with E-state index in [1.807, 2.05) is 50.1 Å². The van der Waals surface area contributed by atoms with Gasteiger partial charge in [0, 0.05) is 87.4 Å². The Kier molecular flexibility index (Phi) is 18.2. The summed E-state index contributed by atoms with van der Waals surface area (Å²) in [6.45, 7) is 1.59. The Bertz CT molecular complexity index is 2450. The van der Waals surface area contributed by atoms with Crippen LogP contribution in [0.4, 0.5) is 17.1 Å². The molecule has 1 fully saturated rings. The Morgan fingerprint density at radius 1 is 0.721 bits per heavy atom. The molecule has 0 bridgehead atoms. The number of benzene rings is 3. The molecule has 22 heteroatoms. The second-order valence-corrected chi connectivity index (χ2v) is 17.9. The molecule has 68 heavy (non-hydrogen) atoms. The van der Waals surface area contributed by atoms with Gasteiger partial charge in [0.15, 0.2) is 12.6 Å². The van der Waals surface area contributed by atoms with Gasteiger partial charge in [0.05, 0.1) is 51.9 Å². The third kappa shape index (κ3) is 12.9. The van der Waals surface area contributed by atoms with Gasteiger partial charge in [0.25, 0.3) is 11.8 Å². The van der Waals surface area contributed by atoms with E-state index in [9.17, 15) is 44.4 Å². The van der Waals surface area contributed by atoms with Gasteiger partial charge in [-0.15, -0.1) is 0 Å². The van der Waals surface area contributed by atoms with Crippen molar-refractivity contribution in [3.8, 4) is 5.75 Å². The zero-order chi connectivity index (χ0) is 49.2. The number of hydrogen-bond acceptors (Lipinski definition) is 15. The van der Waals surface area contributed by atoms with Crippen molar-refractivity contribution in [3.63, 3.8) is 0 Å². The Morgan fingerprint density at radius 3 is 1.87 bits per heavy atom. The normalized spacial score (nSPS) is 19.5. The van der Waals surface area contributed by atoms with E-state index in [-0.39, 0.29) is 91.9 Å². The molecule has 5 atom stereocenters. The highest BCUT2D eigenvalue weighted by atomic mass is 79.9. The Labute approximate surface area is 408 Å². The molecule has 0 radical (unpaired) electrons. The fourth-order valence-electron chi connectivity index (χ4n) is 7.33. The molecule has 4 aromatic rings. The number of carbonyl (C=O) groups excluding carboxylic acids is 4. The van der Waals surface area contributed by atoms with Crippen LogP contribution in [0.15, 0.2) is 69.6 Å². The number of aliphatic hydroxyl groups is 3. The number of imide groups is 1. The van der Waals surface area contributed by atoms with Crippen LogP contribution in [0, 0.1) is 0 Å². The molecule has 0 aliphatic carbocycles. The lowest BCUT2D eigenvalue weighted by Crippen LogP contribution is -2.61. The van der Waals surface area contributed by atoms with E-state index in [2.05, 4.69) is 77.4 Å². The highest BCUT2D eigenvalue weighted by Crippen LogP contribution is 2.33. The number of carboxylic acid groups (broad SMARTS) is 1. The molecule has 1 saturated heterocycles. The van der Waals surface area contributed by atoms with E-state index in [0.29, 0.717) is 6.54 Å². The lowest BCUT2D eigenvalue weighted by Gasteiger charge is -2.38. The summed E-state index contributed by atoms with van der Waals surface area (Å²) in [4.78, 5) is 67.1. The molecule has 2 aliphatic rings. The largest absolute Gasteiger partial charge is 0.479 e. The zero-order valence-corrected chi connectivity index (χ0v) is 41.0. The molecule has 0 saturated carbocycles. The number of amides is 4. The maximum atomic E-state index is 13.5. The predicted octanol–water partition coefficient (Wildman–Crippen LogP) is 1.99. The number of carboxylic acids is 1. The monoisotopic (exact) mass is 1070 g/mol. The van der Waals surface area contributed by atoms with Gasteiger partial charge in [-0.1, -0.05) is 0 Å². The third-order valence-corrected chi connectivity index (χ3v) is 13.1. The number of nitrogens with zero attached hydrogens (tertiary/aromatic N) is 4. The highest BCUT2D eigenvalue weighted by molar-refractivity contribution is 9.14. The van der Waals surface area contributed by atoms with Crippen LogP contribution >= 0.6 is 31.9 Å². The standard InChI is InChI=1S/C46H54Br2N6O14/c1-51(2)29-8-6-27-22-28-7-9-30(52(3)4)24-33(28)54(32(27)23-29)25-26-5-10-34(67-46-41(59)39(57)40(58)42(68-46)45(62)63)31(21-26)50-36(56)11-13-49-35(55)12-15-64-17-19-66-20-18-65-16-14-53-43(60)37(47)38(48)44(53)61/h5-10,21-24,39-42,46,57-59H,11-20,25H2,1-4H3,(H2-,49,50,55,56,62,63)/p+1/t39-,40-,41+,42-,46+/m0/s1. The van der Waals surface area contributed by atoms with Gasteiger partial charge in [-0.05, 0) is 80.4 Å². The van der Waals surface area contributed by atoms with Crippen molar-refractivity contribution in [3.05, 3.63) is 75.2 Å². The lowest BCUT2D eigenvalue weighted by atomic mass is 9.99. The molecular weight excluding hydrogens is 1020 g/mol. The fourth-order valence-corrected chi connectivity index (χ4v) is 8.10. The number of hydrogen-bond donors (Lipinski definition) is 6. The van der Waals surface area contributed by atoms with Gasteiger partial charge in [-0.25, -0.2) is 4.79 Å². The molecule has 0 spiro atoms. The van der Waals surface area contributed by atoms with Gasteiger partial charge in [0.2, 0.25) is 29.1 Å². The van der Waals surface area contributed by atoms with Crippen molar-refractivity contribution in [1.29, 1.82) is 0 Å². The summed E-state index contributed by atoms with van der Waals surface area (Å²) in [7, 11) is 7.85. The SMILES string of the molecule is CN(C)c1ccc2cc3ccc(N(C)C)cc3[n+](Cc3ccc(O[C@@H]4O[C@H](C(=O)O)[C@@H](O)[C@H](O)[C@H]4O)c(NC(=O)CCNC(=O)CCOCCOCCOCCN4C(=O)C(Br)=C(Br)C4=O)c3)c2c1. The number of nitrogens with one attached hydrogen (secondary N) is 2. The molecular formula is C46H55Br2N6O14+. The summed E-state index contributed by atoms with van der Waals surface area (Å²) >= 11 is 6.15. The number of pyridine rings is 1. The molecule has 4 amide bonds. The average Bonchev–Trinajstić information content (AvgIpc) is 3.48. The van der Waals surface area contributed by atoms with Crippen molar-refractivity contribution in [1.82, 2.24) is 10.2 Å². The predicted molar refractivity (Wildman–Crippen MR) is 256 cm³/mol. The van der Waals surface area contributed by atoms with Crippen molar-refractivity contribution in [2.45, 2.75) is 50.1 Å². The number of fused-ring (bicyclic) bond motifs is 2. The zero-order valence-electron chi connectivity index (χ0n) is 37.9. The van der Waals surface area contributed by atoms with E-state index in [1.165, 1.54) is 6.07 Å². The first-order valence-corrected chi connectivity index (χ1v) is 23.2. The smallest absolute Gasteiger partial charge is 0.335 e. The minimum absolute atomic E-state index is 0.0218. The Morgan fingerprint density at radius 2 is 1.29 bits per heavy atom. The van der Waals surface area contributed by atoms with E-state index in [1.54, 1.807) is 12.1 Å². The van der Waals surface area contributed by atoms with E-state index in [0.717, 1.165) is 43.6 Å². The van der Waals surface area contributed by atoms with Gasteiger partial charge in [-0.2, -0.15) is 4.57 Å². The molecule has 2 aliphatic heterocycles. The van der Waals surface area contributed by atoms with Gasteiger partial charge in [0.1, 0.15) is 33.0 Å². The van der Waals surface area contributed by atoms with Crippen molar-refractivity contribution in [2.24, 2.45) is 0 Å². The summed E-state index contributed by atoms with van der Waals surface area (Å²) in [6, 6.07) is 19.5. The molecule has 1 aromatic heterocycles. The molecule has 366 valence electrons. The number of rotatable bonds is 23. The number of ether oxygens (including phenoxy) is 5. The molecule has 3 aromatic carbocycles. The number of halogens is 2. The summed E-state index contributed by atoms with van der Waals surface area (Å²) in [6.07, 6.45) is -9.49. The lowest BCUT2D eigenvalue weighted by molar-refractivity contribution is -0.635. The second kappa shape index (κ2) is 23.8. The first-order valence-electron chi connectivity index (χ1n) is 21.6. The molecule has 6 rings (SSSR count). The van der Waals surface area contributed by atoms with Crippen LogP contribution in [0.25, 0.3) is 21.8 Å². The quantitative estimate of drug-likeness (QED) is 0.0269. The Balaban J connectivity index is 1.06. The number of aliphatic carboxylic acids is 1. The van der Waals surface area contributed by atoms with E-state index in [4.69, 9.17) is 23.7 Å². The fraction of sp³-hybridized carbons (Fsp3) is 0.435. The van der Waals surface area contributed by atoms with Crippen molar-refractivity contribution in [2.75, 3.05) is 96.0 Å². The van der Waals surface area contributed by atoms with Crippen molar-refractivity contribution >= 4 is 100 Å². The maximum Gasteiger partial charge on any atom is 0.335 e. The van der Waals surface area contributed by atoms with Crippen LogP contribution in [-0.2, 0) is 49.5 Å². The van der Waals surface area contributed by atoms with Crippen molar-refractivity contribution < 1.29 is 72.7 Å². The summed E-state index contributed by atoms with van der Waals surface area (Å²) in [5.74, 6) is -3.34. The van der Waals surface area contributed by atoms with Crippen LogP contribution in [0.5, 0.6) is 5.75 Å². The topological polar surface area (TPSA) is 250 Å². The van der Waals surface area contributed by atoms with E-state index >= 15 is 0 Å². The van der Waals surface area contributed by atoms with Gasteiger partial charge < -0.3 is 64.5 Å². The van der Waals surface area contributed by atoms with Crippen LogP contribution in [0.1, 0.15) is 18.4 Å². The minimum Gasteiger partial charge on any atom is -0.479 e. The molecule has 0 unspecified atom stereocenters. The highest BCUT2D eigenvalue weighted by Gasteiger charge is 2.48. The molecule has 20 nitrogen and oxygen atoms in total. The average molecular weight is 1080 g/mol. The maximum absolute atomic E-state index is 13.5. The Hall–Kier alpha value is -5.30. The first-order chi connectivity index (χ1) is 32.4. The number of carbonyl (C=O) groups is 5.